The number of aliphatic hydroxyl groups excluding tert-OH is 1. The molecule has 0 aromatic rings. The van der Waals surface area contributed by atoms with Crippen LogP contribution in [0.15, 0.2) is 0 Å². The summed E-state index contributed by atoms with van der Waals surface area (Å²) in [7, 11) is 0. The Kier molecular flexibility index (Phi) is 4.77. The lowest BCUT2D eigenvalue weighted by Crippen LogP contribution is -2.44. The van der Waals surface area contributed by atoms with Crippen molar-refractivity contribution in [3.05, 3.63) is 0 Å². The third-order valence-corrected chi connectivity index (χ3v) is 1.53. The summed E-state index contributed by atoms with van der Waals surface area (Å²) >= 11 is 0. The number of rotatable bonds is 4. The first-order chi connectivity index (χ1) is 6.22. The van der Waals surface area contributed by atoms with Crippen LogP contribution in [0, 0.1) is 0 Å². The highest BCUT2D eigenvalue weighted by atomic mass is 16.3. The van der Waals surface area contributed by atoms with Gasteiger partial charge in [-0.1, -0.05) is 0 Å². The minimum absolute atomic E-state index is 0.0968. The minimum atomic E-state index is -0.571. The summed E-state index contributed by atoms with van der Waals surface area (Å²) in [5.41, 5.74) is -0.391. The fraction of sp³-hybridized carbons (Fsp3) is 0.800. The van der Waals surface area contributed by atoms with Gasteiger partial charge in [0.1, 0.15) is 0 Å². The van der Waals surface area contributed by atoms with E-state index in [2.05, 4.69) is 5.32 Å². The van der Waals surface area contributed by atoms with E-state index < -0.39 is 23.3 Å². The Morgan fingerprint density at radius 1 is 1.36 bits per heavy atom. The SMILES string of the molecule is CC(O)CCC(=O)C(=O)NC(C)(C)C. The van der Waals surface area contributed by atoms with Crippen LogP contribution >= 0.6 is 0 Å². The van der Waals surface area contributed by atoms with Gasteiger partial charge in [0.25, 0.3) is 5.91 Å². The van der Waals surface area contributed by atoms with Gasteiger partial charge in [-0.05, 0) is 34.1 Å². The molecule has 1 amide bonds. The molecule has 0 saturated carbocycles. The molecule has 4 heteroatoms. The van der Waals surface area contributed by atoms with Crippen LogP contribution < -0.4 is 5.32 Å². The molecule has 0 aliphatic heterocycles. The second kappa shape index (κ2) is 5.10. The molecular weight excluding hydrogens is 182 g/mol. The number of hydrogen-bond donors (Lipinski definition) is 2. The fourth-order valence-electron chi connectivity index (χ4n) is 0.864. The number of nitrogens with one attached hydrogen (secondary N) is 1. The molecule has 0 heterocycles. The van der Waals surface area contributed by atoms with Gasteiger partial charge in [0, 0.05) is 12.0 Å². The number of ketones is 1. The molecule has 82 valence electrons. The largest absolute Gasteiger partial charge is 0.393 e. The van der Waals surface area contributed by atoms with Crippen LogP contribution in [0.25, 0.3) is 0 Å². The molecule has 14 heavy (non-hydrogen) atoms. The van der Waals surface area contributed by atoms with E-state index in [-0.39, 0.29) is 6.42 Å². The molecule has 0 aliphatic carbocycles. The van der Waals surface area contributed by atoms with Crippen LogP contribution in [0.3, 0.4) is 0 Å². The molecule has 1 atom stereocenters. The second-order valence-corrected chi connectivity index (χ2v) is 4.51. The van der Waals surface area contributed by atoms with Gasteiger partial charge < -0.3 is 10.4 Å². The van der Waals surface area contributed by atoms with Crippen molar-refractivity contribution in [2.45, 2.75) is 52.2 Å². The van der Waals surface area contributed by atoms with Crippen molar-refractivity contribution in [3.8, 4) is 0 Å². The Bertz CT molecular complexity index is 216. The van der Waals surface area contributed by atoms with E-state index in [0.29, 0.717) is 6.42 Å². The lowest BCUT2D eigenvalue weighted by atomic mass is 10.1. The summed E-state index contributed by atoms with van der Waals surface area (Å²) in [6.45, 7) is 7.03. The summed E-state index contributed by atoms with van der Waals surface area (Å²) < 4.78 is 0. The zero-order valence-corrected chi connectivity index (χ0v) is 9.26. The maximum atomic E-state index is 11.2. The smallest absolute Gasteiger partial charge is 0.287 e. The van der Waals surface area contributed by atoms with Crippen molar-refractivity contribution in [1.82, 2.24) is 5.32 Å². The molecule has 0 aliphatic rings. The zero-order chi connectivity index (χ0) is 11.4. The summed E-state index contributed by atoms with van der Waals surface area (Å²) in [6.07, 6.45) is -0.114. The Labute approximate surface area is 84.7 Å². The fourth-order valence-corrected chi connectivity index (χ4v) is 0.864. The van der Waals surface area contributed by atoms with Gasteiger partial charge in [0.15, 0.2) is 0 Å². The Balaban J connectivity index is 3.95. The van der Waals surface area contributed by atoms with Gasteiger partial charge in [-0.3, -0.25) is 9.59 Å². The average Bonchev–Trinajstić information content (AvgIpc) is 1.96. The van der Waals surface area contributed by atoms with Gasteiger partial charge in [-0.2, -0.15) is 0 Å². The van der Waals surface area contributed by atoms with Crippen LogP contribution in [-0.2, 0) is 9.59 Å². The van der Waals surface area contributed by atoms with Crippen LogP contribution in [0.1, 0.15) is 40.5 Å². The normalized spacial score (nSPS) is 13.5. The van der Waals surface area contributed by atoms with Crippen molar-refractivity contribution in [1.29, 1.82) is 0 Å². The zero-order valence-electron chi connectivity index (χ0n) is 9.26. The molecule has 0 spiro atoms. The van der Waals surface area contributed by atoms with Crippen molar-refractivity contribution < 1.29 is 14.7 Å². The predicted molar refractivity (Wildman–Crippen MR) is 53.8 cm³/mol. The standard InChI is InChI=1S/C10H19NO3/c1-7(12)5-6-8(13)9(14)11-10(2,3)4/h7,12H,5-6H2,1-4H3,(H,11,14). The van der Waals surface area contributed by atoms with E-state index in [9.17, 15) is 9.59 Å². The first-order valence-corrected chi connectivity index (χ1v) is 4.76. The molecule has 1 unspecified atom stereocenters. The molecule has 0 fully saturated rings. The van der Waals surface area contributed by atoms with Crippen LogP contribution in [0.2, 0.25) is 0 Å². The number of Topliss-reactive ketones (excluding diaryl/α,β-unsaturated/α-hetero) is 1. The molecule has 4 nitrogen and oxygen atoms in total. The number of amides is 1. The lowest BCUT2D eigenvalue weighted by molar-refractivity contribution is -0.139. The minimum Gasteiger partial charge on any atom is -0.393 e. The van der Waals surface area contributed by atoms with Crippen LogP contribution in [-0.4, -0.2) is 28.4 Å². The van der Waals surface area contributed by atoms with E-state index >= 15 is 0 Å². The summed E-state index contributed by atoms with van der Waals surface area (Å²) in [6, 6.07) is 0. The quantitative estimate of drug-likeness (QED) is 0.656. The summed E-state index contributed by atoms with van der Waals surface area (Å²) in [5.74, 6) is -1.04. The Morgan fingerprint density at radius 3 is 2.21 bits per heavy atom. The van der Waals surface area contributed by atoms with Gasteiger partial charge in [-0.15, -0.1) is 0 Å². The number of hydrogen-bond acceptors (Lipinski definition) is 3. The topological polar surface area (TPSA) is 66.4 Å². The second-order valence-electron chi connectivity index (χ2n) is 4.51. The predicted octanol–water partition coefficient (Wildman–Crippen LogP) is 0.631. The molecule has 0 saturated heterocycles. The number of aliphatic hydroxyl groups is 1. The van der Waals surface area contributed by atoms with E-state index in [1.807, 2.05) is 20.8 Å². The highest BCUT2D eigenvalue weighted by molar-refractivity contribution is 6.36. The first kappa shape index (κ1) is 13.1. The molecule has 0 bridgehead atoms. The van der Waals surface area contributed by atoms with Crippen molar-refractivity contribution in [2.24, 2.45) is 0 Å². The molecular formula is C10H19NO3. The van der Waals surface area contributed by atoms with Crippen molar-refractivity contribution in [2.75, 3.05) is 0 Å². The van der Waals surface area contributed by atoms with E-state index in [4.69, 9.17) is 5.11 Å². The summed E-state index contributed by atoms with van der Waals surface area (Å²) in [5, 5.41) is 11.5. The highest BCUT2D eigenvalue weighted by Gasteiger charge is 2.19. The molecule has 0 aromatic carbocycles. The number of carbonyl (C=O) groups is 2. The van der Waals surface area contributed by atoms with Crippen LogP contribution in [0.4, 0.5) is 0 Å². The molecule has 0 radical (unpaired) electrons. The van der Waals surface area contributed by atoms with E-state index in [0.717, 1.165) is 0 Å². The summed E-state index contributed by atoms with van der Waals surface area (Å²) in [4.78, 5) is 22.4. The van der Waals surface area contributed by atoms with Gasteiger partial charge in [0.2, 0.25) is 5.78 Å². The third-order valence-electron chi connectivity index (χ3n) is 1.53. The Morgan fingerprint density at radius 2 is 1.86 bits per heavy atom. The van der Waals surface area contributed by atoms with E-state index in [1.54, 1.807) is 6.92 Å². The van der Waals surface area contributed by atoms with E-state index in [1.165, 1.54) is 0 Å². The molecule has 0 aromatic heterocycles. The maximum Gasteiger partial charge on any atom is 0.287 e. The van der Waals surface area contributed by atoms with Gasteiger partial charge in [0.05, 0.1) is 6.10 Å². The van der Waals surface area contributed by atoms with Crippen molar-refractivity contribution in [3.63, 3.8) is 0 Å². The first-order valence-electron chi connectivity index (χ1n) is 4.76. The van der Waals surface area contributed by atoms with Gasteiger partial charge >= 0.3 is 0 Å². The highest BCUT2D eigenvalue weighted by Crippen LogP contribution is 2.01. The Hall–Kier alpha value is -0.900. The molecule has 0 rings (SSSR count). The van der Waals surface area contributed by atoms with Crippen LogP contribution in [0.5, 0.6) is 0 Å². The van der Waals surface area contributed by atoms with Crippen molar-refractivity contribution >= 4 is 11.7 Å². The lowest BCUT2D eigenvalue weighted by Gasteiger charge is -2.19. The molecule has 2 N–H and O–H groups in total. The van der Waals surface area contributed by atoms with Gasteiger partial charge in [-0.25, -0.2) is 0 Å². The number of carbonyl (C=O) groups excluding carboxylic acids is 2. The average molecular weight is 201 g/mol. The monoisotopic (exact) mass is 201 g/mol. The maximum absolute atomic E-state index is 11.2. The third kappa shape index (κ3) is 6.60.